The minimum atomic E-state index is 0. The molecule has 0 saturated heterocycles. The summed E-state index contributed by atoms with van der Waals surface area (Å²) in [5, 5.41) is 5.43. The average molecular weight is 411 g/mol. The van der Waals surface area contributed by atoms with Gasteiger partial charge in [0.05, 0.1) is 13.2 Å². The zero-order chi connectivity index (χ0) is 13.9. The lowest BCUT2D eigenvalue weighted by molar-refractivity contribution is 0.155. The van der Waals surface area contributed by atoms with Gasteiger partial charge >= 0.3 is 0 Å². The number of nitrogens with zero attached hydrogens (tertiary/aromatic N) is 2. The number of nitrogens with one attached hydrogen (secondary N) is 1. The van der Waals surface area contributed by atoms with Crippen molar-refractivity contribution in [3.05, 3.63) is 22.4 Å². The normalized spacial score (nSPS) is 11.1. The number of hydrogen-bond acceptors (Lipinski definition) is 3. The number of thiophene rings is 1. The predicted molar refractivity (Wildman–Crippen MR) is 98.5 cm³/mol. The summed E-state index contributed by atoms with van der Waals surface area (Å²) in [4.78, 5) is 8.15. The van der Waals surface area contributed by atoms with Crippen LogP contribution in [-0.4, -0.2) is 50.8 Å². The Morgan fingerprint density at radius 3 is 2.85 bits per heavy atom. The molecule has 0 spiro atoms. The number of hydrogen-bond donors (Lipinski definition) is 1. The largest absolute Gasteiger partial charge is 0.380 e. The van der Waals surface area contributed by atoms with Crippen molar-refractivity contribution in [2.75, 3.05) is 39.9 Å². The number of guanidine groups is 1. The van der Waals surface area contributed by atoms with E-state index in [0.717, 1.165) is 32.1 Å². The first-order valence-electron chi connectivity index (χ1n) is 6.87. The molecule has 0 bridgehead atoms. The van der Waals surface area contributed by atoms with Crippen LogP contribution in [0.2, 0.25) is 0 Å². The molecule has 116 valence electrons. The van der Waals surface area contributed by atoms with E-state index in [1.807, 2.05) is 18.3 Å². The second kappa shape index (κ2) is 12.4. The standard InChI is InChI=1S/C14H25N3OS.HI/c1-4-15-14(16-9-11-18-5-2)17(3)10-8-13-7-6-12-19-13;/h6-7,12H,4-5,8-11H2,1-3H3,(H,15,16);1H. The van der Waals surface area contributed by atoms with Crippen LogP contribution in [0.1, 0.15) is 18.7 Å². The van der Waals surface area contributed by atoms with Gasteiger partial charge in [0, 0.05) is 31.6 Å². The van der Waals surface area contributed by atoms with Gasteiger partial charge in [-0.2, -0.15) is 0 Å². The fourth-order valence-electron chi connectivity index (χ4n) is 1.67. The van der Waals surface area contributed by atoms with Gasteiger partial charge in [0.1, 0.15) is 0 Å². The van der Waals surface area contributed by atoms with E-state index in [9.17, 15) is 0 Å². The molecule has 0 aromatic carbocycles. The third-order valence-corrected chi connectivity index (χ3v) is 3.61. The molecule has 1 aromatic heterocycles. The minimum Gasteiger partial charge on any atom is -0.380 e. The molecule has 0 unspecified atom stereocenters. The van der Waals surface area contributed by atoms with Crippen LogP contribution in [-0.2, 0) is 11.2 Å². The van der Waals surface area contributed by atoms with Crippen LogP contribution < -0.4 is 5.32 Å². The smallest absolute Gasteiger partial charge is 0.193 e. The summed E-state index contributed by atoms with van der Waals surface area (Å²) in [5.41, 5.74) is 0. The monoisotopic (exact) mass is 411 g/mol. The van der Waals surface area contributed by atoms with Gasteiger partial charge in [-0.05, 0) is 31.7 Å². The SMILES string of the molecule is CCNC(=NCCOCC)N(C)CCc1cccs1.I. The van der Waals surface area contributed by atoms with Crippen LogP contribution in [0.4, 0.5) is 0 Å². The molecule has 0 saturated carbocycles. The van der Waals surface area contributed by atoms with Crippen LogP contribution in [0, 0.1) is 0 Å². The van der Waals surface area contributed by atoms with Crippen LogP contribution >= 0.6 is 35.3 Å². The van der Waals surface area contributed by atoms with Crippen molar-refractivity contribution in [1.29, 1.82) is 0 Å². The summed E-state index contributed by atoms with van der Waals surface area (Å²) in [5.74, 6) is 0.957. The quantitative estimate of drug-likeness (QED) is 0.309. The third-order valence-electron chi connectivity index (χ3n) is 2.67. The Kier molecular flexibility index (Phi) is 12.2. The van der Waals surface area contributed by atoms with E-state index < -0.39 is 0 Å². The van der Waals surface area contributed by atoms with Gasteiger partial charge in [-0.15, -0.1) is 35.3 Å². The van der Waals surface area contributed by atoms with Crippen molar-refractivity contribution in [3.8, 4) is 0 Å². The molecule has 0 fully saturated rings. The van der Waals surface area contributed by atoms with E-state index >= 15 is 0 Å². The summed E-state index contributed by atoms with van der Waals surface area (Å²) in [6.07, 6.45) is 1.06. The number of rotatable bonds is 8. The molecule has 0 aliphatic heterocycles. The highest BCUT2D eigenvalue weighted by atomic mass is 127. The fraction of sp³-hybridized carbons (Fsp3) is 0.643. The van der Waals surface area contributed by atoms with E-state index in [0.29, 0.717) is 13.2 Å². The van der Waals surface area contributed by atoms with Gasteiger partial charge in [0.2, 0.25) is 0 Å². The molecule has 0 atom stereocenters. The van der Waals surface area contributed by atoms with Crippen molar-refractivity contribution < 1.29 is 4.74 Å². The van der Waals surface area contributed by atoms with Crippen molar-refractivity contribution in [3.63, 3.8) is 0 Å². The van der Waals surface area contributed by atoms with E-state index in [-0.39, 0.29) is 24.0 Å². The third kappa shape index (κ3) is 8.06. The first-order valence-corrected chi connectivity index (χ1v) is 7.75. The molecule has 4 nitrogen and oxygen atoms in total. The highest BCUT2D eigenvalue weighted by Crippen LogP contribution is 2.09. The van der Waals surface area contributed by atoms with Crippen LogP contribution in [0.5, 0.6) is 0 Å². The molecule has 0 aliphatic carbocycles. The number of ether oxygens (including phenoxy) is 1. The molecule has 0 amide bonds. The lowest BCUT2D eigenvalue weighted by Crippen LogP contribution is -2.40. The van der Waals surface area contributed by atoms with Gasteiger partial charge < -0.3 is 15.0 Å². The van der Waals surface area contributed by atoms with Gasteiger partial charge in [0.25, 0.3) is 0 Å². The van der Waals surface area contributed by atoms with Crippen LogP contribution in [0.3, 0.4) is 0 Å². The van der Waals surface area contributed by atoms with Crippen molar-refractivity contribution in [1.82, 2.24) is 10.2 Å². The second-order valence-electron chi connectivity index (χ2n) is 4.18. The Labute approximate surface area is 143 Å². The van der Waals surface area contributed by atoms with Crippen LogP contribution in [0.25, 0.3) is 0 Å². The van der Waals surface area contributed by atoms with Crippen molar-refractivity contribution >= 4 is 41.3 Å². The molecule has 0 radical (unpaired) electrons. The zero-order valence-electron chi connectivity index (χ0n) is 12.6. The molecule has 1 aromatic rings. The number of likely N-dealkylation sites (N-methyl/N-ethyl adjacent to an activating group) is 1. The van der Waals surface area contributed by atoms with E-state index in [1.165, 1.54) is 4.88 Å². The maximum absolute atomic E-state index is 5.31. The average Bonchev–Trinajstić information content (AvgIpc) is 2.93. The maximum atomic E-state index is 5.31. The van der Waals surface area contributed by atoms with Gasteiger partial charge in [-0.3, -0.25) is 4.99 Å². The van der Waals surface area contributed by atoms with Crippen molar-refractivity contribution in [2.24, 2.45) is 4.99 Å². The summed E-state index contributed by atoms with van der Waals surface area (Å²) in [7, 11) is 2.08. The predicted octanol–water partition coefficient (Wildman–Crippen LogP) is 2.84. The van der Waals surface area contributed by atoms with Crippen LogP contribution in [0.15, 0.2) is 22.5 Å². The molecule has 6 heteroatoms. The maximum Gasteiger partial charge on any atom is 0.193 e. The summed E-state index contributed by atoms with van der Waals surface area (Å²) < 4.78 is 5.31. The molecular formula is C14H26IN3OS. The van der Waals surface area contributed by atoms with Gasteiger partial charge in [-0.25, -0.2) is 0 Å². The Balaban J connectivity index is 0.00000361. The van der Waals surface area contributed by atoms with Gasteiger partial charge in [0.15, 0.2) is 5.96 Å². The highest BCUT2D eigenvalue weighted by molar-refractivity contribution is 14.0. The Morgan fingerprint density at radius 1 is 1.45 bits per heavy atom. The first kappa shape index (κ1) is 19.7. The van der Waals surface area contributed by atoms with Crippen molar-refractivity contribution in [2.45, 2.75) is 20.3 Å². The Bertz CT molecular complexity index is 357. The molecular weight excluding hydrogens is 385 g/mol. The Morgan fingerprint density at radius 2 is 2.25 bits per heavy atom. The van der Waals surface area contributed by atoms with E-state index in [2.05, 4.69) is 46.7 Å². The molecule has 0 aliphatic rings. The molecule has 20 heavy (non-hydrogen) atoms. The lowest BCUT2D eigenvalue weighted by Gasteiger charge is -2.21. The first-order chi connectivity index (χ1) is 9.27. The number of halogens is 1. The molecule has 1 N–H and O–H groups in total. The van der Waals surface area contributed by atoms with Gasteiger partial charge in [-0.1, -0.05) is 6.07 Å². The van der Waals surface area contributed by atoms with E-state index in [1.54, 1.807) is 0 Å². The molecule has 1 rings (SSSR count). The summed E-state index contributed by atoms with van der Waals surface area (Å²) in [6, 6.07) is 4.28. The topological polar surface area (TPSA) is 36.9 Å². The summed E-state index contributed by atoms with van der Waals surface area (Å²) in [6.45, 7) is 8.09. The second-order valence-corrected chi connectivity index (χ2v) is 5.22. The van der Waals surface area contributed by atoms with E-state index in [4.69, 9.17) is 4.74 Å². The highest BCUT2D eigenvalue weighted by Gasteiger charge is 2.05. The minimum absolute atomic E-state index is 0. The molecule has 1 heterocycles. The Hall–Kier alpha value is -0.340. The summed E-state index contributed by atoms with van der Waals surface area (Å²) >= 11 is 1.81. The fourth-order valence-corrected chi connectivity index (χ4v) is 2.37. The zero-order valence-corrected chi connectivity index (χ0v) is 15.7. The lowest BCUT2D eigenvalue weighted by atomic mass is 10.3. The number of aliphatic imine (C=N–C) groups is 1.